The summed E-state index contributed by atoms with van der Waals surface area (Å²) in [6.07, 6.45) is 0. The second-order valence-corrected chi connectivity index (χ2v) is 3.64. The van der Waals surface area contributed by atoms with Gasteiger partial charge in [-0.1, -0.05) is 25.9 Å². The lowest BCUT2D eigenvalue weighted by Crippen LogP contribution is -2.09. The van der Waals surface area contributed by atoms with Crippen molar-refractivity contribution in [1.82, 2.24) is 5.16 Å². The molecule has 70 valence electrons. The predicted molar refractivity (Wildman–Crippen MR) is 50.3 cm³/mol. The smallest absolute Gasteiger partial charge is 0.142 e. The molecule has 2 N–H and O–H groups in total. The topological polar surface area (TPSA) is 52.0 Å². The molecule has 0 unspecified atom stereocenters. The Hall–Kier alpha value is -0.540. The normalized spacial score (nSPS) is 11.0. The van der Waals surface area contributed by atoms with Crippen molar-refractivity contribution in [3.8, 4) is 0 Å². The Labute approximate surface area is 78.7 Å². The van der Waals surface area contributed by atoms with Gasteiger partial charge in [-0.15, -0.1) is 12.4 Å². The molecule has 3 nitrogen and oxygen atoms in total. The maximum absolute atomic E-state index is 5.38. The fourth-order valence-corrected chi connectivity index (χ4v) is 0.761. The Kier molecular flexibility index (Phi) is 3.74. The van der Waals surface area contributed by atoms with E-state index in [0.29, 0.717) is 6.54 Å². The summed E-state index contributed by atoms with van der Waals surface area (Å²) in [4.78, 5) is 0. The van der Waals surface area contributed by atoms with Gasteiger partial charge in [-0.3, -0.25) is 0 Å². The van der Waals surface area contributed by atoms with Crippen molar-refractivity contribution in [2.24, 2.45) is 5.73 Å². The summed E-state index contributed by atoms with van der Waals surface area (Å²) in [6, 6.07) is 1.90. The molecule has 0 aliphatic rings. The predicted octanol–water partition coefficient (Wildman–Crippen LogP) is 1.85. The highest BCUT2D eigenvalue weighted by molar-refractivity contribution is 5.85. The van der Waals surface area contributed by atoms with Crippen LogP contribution in [0, 0.1) is 0 Å². The van der Waals surface area contributed by atoms with E-state index in [9.17, 15) is 0 Å². The molecule has 0 saturated carbocycles. The number of hydrogen-bond acceptors (Lipinski definition) is 3. The highest BCUT2D eigenvalue weighted by atomic mass is 35.5. The first-order valence-electron chi connectivity index (χ1n) is 3.70. The number of halogens is 1. The minimum Gasteiger partial charge on any atom is -0.361 e. The fourth-order valence-electron chi connectivity index (χ4n) is 0.761. The zero-order chi connectivity index (χ0) is 8.48. The molecule has 1 aromatic heterocycles. The van der Waals surface area contributed by atoms with E-state index in [2.05, 4.69) is 25.9 Å². The van der Waals surface area contributed by atoms with E-state index < -0.39 is 0 Å². The highest BCUT2D eigenvalue weighted by Crippen LogP contribution is 2.22. The van der Waals surface area contributed by atoms with Gasteiger partial charge in [0, 0.05) is 18.0 Å². The van der Waals surface area contributed by atoms with E-state index in [-0.39, 0.29) is 17.8 Å². The second kappa shape index (κ2) is 3.92. The number of nitrogens with two attached hydrogens (primary N) is 1. The largest absolute Gasteiger partial charge is 0.361 e. The Balaban J connectivity index is 0.00000121. The van der Waals surface area contributed by atoms with Gasteiger partial charge in [-0.2, -0.15) is 0 Å². The highest BCUT2D eigenvalue weighted by Gasteiger charge is 2.18. The van der Waals surface area contributed by atoms with Gasteiger partial charge in [0.1, 0.15) is 5.76 Å². The van der Waals surface area contributed by atoms with E-state index >= 15 is 0 Å². The zero-order valence-electron chi connectivity index (χ0n) is 7.63. The molecule has 0 spiro atoms. The van der Waals surface area contributed by atoms with Gasteiger partial charge in [-0.25, -0.2) is 0 Å². The average Bonchev–Trinajstić information content (AvgIpc) is 2.32. The minimum atomic E-state index is 0. The third-order valence-electron chi connectivity index (χ3n) is 1.51. The van der Waals surface area contributed by atoms with Crippen LogP contribution in [0.4, 0.5) is 0 Å². The first-order chi connectivity index (χ1) is 5.04. The van der Waals surface area contributed by atoms with Crippen LogP contribution in [0.5, 0.6) is 0 Å². The Morgan fingerprint density at radius 1 is 1.50 bits per heavy atom. The summed E-state index contributed by atoms with van der Waals surface area (Å²) in [5.74, 6) is 0.887. The number of hydrogen-bond donors (Lipinski definition) is 1. The molecular weight excluding hydrogens is 176 g/mol. The van der Waals surface area contributed by atoms with Crippen molar-refractivity contribution < 1.29 is 4.52 Å². The minimum absolute atomic E-state index is 0. The van der Waals surface area contributed by atoms with Crippen molar-refractivity contribution in [3.05, 3.63) is 17.5 Å². The maximum atomic E-state index is 5.38. The van der Waals surface area contributed by atoms with Gasteiger partial charge in [0.25, 0.3) is 0 Å². The van der Waals surface area contributed by atoms with Crippen molar-refractivity contribution in [2.75, 3.05) is 0 Å². The molecular formula is C8H15ClN2O. The Morgan fingerprint density at radius 2 is 2.08 bits per heavy atom. The van der Waals surface area contributed by atoms with Crippen LogP contribution in [-0.4, -0.2) is 5.16 Å². The Morgan fingerprint density at radius 3 is 2.33 bits per heavy atom. The molecule has 1 rings (SSSR count). The summed E-state index contributed by atoms with van der Waals surface area (Å²) in [7, 11) is 0. The molecule has 0 aliphatic heterocycles. The standard InChI is InChI=1S/C8H14N2O.ClH/c1-8(2,3)7-4-6(5-9)10-11-7;/h4H,5,9H2,1-3H3;1H. The monoisotopic (exact) mass is 190 g/mol. The molecule has 1 heterocycles. The van der Waals surface area contributed by atoms with Gasteiger partial charge in [0.05, 0.1) is 5.69 Å². The van der Waals surface area contributed by atoms with E-state index in [1.807, 2.05) is 6.07 Å². The van der Waals surface area contributed by atoms with Gasteiger partial charge in [0.2, 0.25) is 0 Å². The van der Waals surface area contributed by atoms with E-state index in [0.717, 1.165) is 11.5 Å². The first kappa shape index (κ1) is 11.5. The third-order valence-corrected chi connectivity index (χ3v) is 1.51. The van der Waals surface area contributed by atoms with Crippen LogP contribution in [-0.2, 0) is 12.0 Å². The molecule has 0 bridgehead atoms. The molecule has 0 saturated heterocycles. The van der Waals surface area contributed by atoms with Crippen LogP contribution >= 0.6 is 12.4 Å². The maximum Gasteiger partial charge on any atom is 0.142 e. The average molecular weight is 191 g/mol. The SMILES string of the molecule is CC(C)(C)c1cc(CN)no1.Cl. The lowest BCUT2D eigenvalue weighted by molar-refractivity contribution is 0.326. The third kappa shape index (κ3) is 2.50. The van der Waals surface area contributed by atoms with Crippen LogP contribution in [0.3, 0.4) is 0 Å². The van der Waals surface area contributed by atoms with Gasteiger partial charge in [-0.05, 0) is 0 Å². The molecule has 12 heavy (non-hydrogen) atoms. The van der Waals surface area contributed by atoms with Gasteiger partial charge in [0.15, 0.2) is 0 Å². The molecule has 0 radical (unpaired) electrons. The summed E-state index contributed by atoms with van der Waals surface area (Å²) < 4.78 is 5.09. The molecule has 0 aliphatic carbocycles. The molecule has 0 fully saturated rings. The lowest BCUT2D eigenvalue weighted by Gasteiger charge is -2.12. The molecule has 0 atom stereocenters. The fraction of sp³-hybridized carbons (Fsp3) is 0.625. The summed E-state index contributed by atoms with van der Waals surface area (Å²) in [5.41, 5.74) is 6.23. The summed E-state index contributed by atoms with van der Waals surface area (Å²) >= 11 is 0. The molecule has 1 aromatic rings. The molecule has 0 aromatic carbocycles. The van der Waals surface area contributed by atoms with Gasteiger partial charge < -0.3 is 10.3 Å². The van der Waals surface area contributed by atoms with Crippen LogP contribution in [0.25, 0.3) is 0 Å². The van der Waals surface area contributed by atoms with Crippen LogP contribution < -0.4 is 5.73 Å². The van der Waals surface area contributed by atoms with Crippen molar-refractivity contribution in [3.63, 3.8) is 0 Å². The zero-order valence-corrected chi connectivity index (χ0v) is 8.44. The van der Waals surface area contributed by atoms with Gasteiger partial charge >= 0.3 is 0 Å². The van der Waals surface area contributed by atoms with Crippen LogP contribution in [0.2, 0.25) is 0 Å². The van der Waals surface area contributed by atoms with E-state index in [1.54, 1.807) is 0 Å². The Bertz CT molecular complexity index is 239. The van der Waals surface area contributed by atoms with E-state index in [4.69, 9.17) is 10.3 Å². The lowest BCUT2D eigenvalue weighted by atomic mass is 9.93. The summed E-state index contributed by atoms with van der Waals surface area (Å²) in [5, 5.41) is 3.80. The van der Waals surface area contributed by atoms with Crippen LogP contribution in [0.15, 0.2) is 10.6 Å². The second-order valence-electron chi connectivity index (χ2n) is 3.64. The quantitative estimate of drug-likeness (QED) is 0.736. The van der Waals surface area contributed by atoms with E-state index in [1.165, 1.54) is 0 Å². The summed E-state index contributed by atoms with van der Waals surface area (Å²) in [6.45, 7) is 6.68. The van der Waals surface area contributed by atoms with Crippen molar-refractivity contribution in [2.45, 2.75) is 32.7 Å². The molecule has 0 amide bonds. The number of rotatable bonds is 1. The number of nitrogens with zero attached hydrogens (tertiary/aromatic N) is 1. The number of aromatic nitrogens is 1. The first-order valence-corrected chi connectivity index (χ1v) is 3.70. The molecule has 4 heteroatoms. The van der Waals surface area contributed by atoms with Crippen molar-refractivity contribution in [1.29, 1.82) is 0 Å². The van der Waals surface area contributed by atoms with Crippen LogP contribution in [0.1, 0.15) is 32.2 Å². The van der Waals surface area contributed by atoms with Crippen molar-refractivity contribution >= 4 is 12.4 Å².